The summed E-state index contributed by atoms with van der Waals surface area (Å²) in [5.74, 6) is 1.95. The SMILES string of the molecule is CCCCCCC(CCCCCC)CCN1CC2(CCN(CC(CCCC)CCCCCC)CC2)C1. The minimum atomic E-state index is 0.689. The molecular formula is C34H68N2. The predicted octanol–water partition coefficient (Wildman–Crippen LogP) is 10.1. The van der Waals surface area contributed by atoms with Gasteiger partial charge in [-0.25, -0.2) is 0 Å². The topological polar surface area (TPSA) is 6.48 Å². The van der Waals surface area contributed by atoms with Gasteiger partial charge in [0, 0.05) is 19.6 Å². The molecule has 2 saturated heterocycles. The van der Waals surface area contributed by atoms with E-state index in [2.05, 4.69) is 37.5 Å². The fourth-order valence-electron chi connectivity index (χ4n) is 7.15. The fraction of sp³-hybridized carbons (Fsp3) is 1.00. The number of unbranched alkanes of at least 4 members (excludes halogenated alkanes) is 10. The lowest BCUT2D eigenvalue weighted by Crippen LogP contribution is -2.60. The molecule has 0 aromatic rings. The lowest BCUT2D eigenvalue weighted by Gasteiger charge is -2.54. The van der Waals surface area contributed by atoms with Crippen LogP contribution in [0.5, 0.6) is 0 Å². The second-order valence-electron chi connectivity index (χ2n) is 13.2. The first-order valence-corrected chi connectivity index (χ1v) is 17.1. The first-order valence-electron chi connectivity index (χ1n) is 17.1. The van der Waals surface area contributed by atoms with Crippen LogP contribution < -0.4 is 0 Å². The van der Waals surface area contributed by atoms with Crippen LogP contribution in [0.4, 0.5) is 0 Å². The minimum absolute atomic E-state index is 0.689. The maximum Gasteiger partial charge on any atom is 0.00514 e. The van der Waals surface area contributed by atoms with E-state index < -0.39 is 0 Å². The van der Waals surface area contributed by atoms with Crippen LogP contribution in [-0.4, -0.2) is 49.1 Å². The summed E-state index contributed by atoms with van der Waals surface area (Å²) in [5.41, 5.74) is 0.689. The van der Waals surface area contributed by atoms with Gasteiger partial charge in [-0.05, 0) is 69.0 Å². The van der Waals surface area contributed by atoms with Gasteiger partial charge in [-0.3, -0.25) is 0 Å². The summed E-state index contributed by atoms with van der Waals surface area (Å²) < 4.78 is 0. The van der Waals surface area contributed by atoms with Gasteiger partial charge in [-0.2, -0.15) is 0 Å². The molecule has 0 bridgehead atoms. The molecule has 0 aromatic heterocycles. The van der Waals surface area contributed by atoms with E-state index in [0.717, 1.165) is 11.8 Å². The van der Waals surface area contributed by atoms with Crippen LogP contribution in [0.15, 0.2) is 0 Å². The van der Waals surface area contributed by atoms with E-state index in [9.17, 15) is 0 Å². The highest BCUT2D eigenvalue weighted by molar-refractivity contribution is 4.98. The normalized spacial score (nSPS) is 19.2. The maximum atomic E-state index is 2.86. The van der Waals surface area contributed by atoms with Crippen molar-refractivity contribution in [1.82, 2.24) is 9.80 Å². The van der Waals surface area contributed by atoms with Gasteiger partial charge in [0.25, 0.3) is 0 Å². The van der Waals surface area contributed by atoms with Gasteiger partial charge in [-0.15, -0.1) is 0 Å². The van der Waals surface area contributed by atoms with Gasteiger partial charge in [0.15, 0.2) is 0 Å². The lowest BCUT2D eigenvalue weighted by molar-refractivity contribution is -0.0510. The first-order chi connectivity index (χ1) is 17.6. The molecule has 0 aromatic carbocycles. The highest BCUT2D eigenvalue weighted by Crippen LogP contribution is 2.41. The van der Waals surface area contributed by atoms with E-state index in [0.29, 0.717) is 5.41 Å². The van der Waals surface area contributed by atoms with E-state index >= 15 is 0 Å². The third-order valence-corrected chi connectivity index (χ3v) is 9.77. The molecule has 0 radical (unpaired) electrons. The van der Waals surface area contributed by atoms with E-state index in [-0.39, 0.29) is 0 Å². The van der Waals surface area contributed by atoms with Crippen molar-refractivity contribution in [1.29, 1.82) is 0 Å². The molecule has 0 aliphatic carbocycles. The third-order valence-electron chi connectivity index (χ3n) is 9.77. The number of nitrogens with zero attached hydrogens (tertiary/aromatic N) is 2. The van der Waals surface area contributed by atoms with Crippen LogP contribution in [0.2, 0.25) is 0 Å². The van der Waals surface area contributed by atoms with Crippen LogP contribution in [0, 0.1) is 17.3 Å². The van der Waals surface area contributed by atoms with Crippen LogP contribution >= 0.6 is 0 Å². The van der Waals surface area contributed by atoms with Crippen LogP contribution in [0.3, 0.4) is 0 Å². The number of likely N-dealkylation sites (tertiary alicyclic amines) is 2. The summed E-state index contributed by atoms with van der Waals surface area (Å²) in [5, 5.41) is 0. The molecule has 2 rings (SSSR count). The number of piperidine rings is 1. The van der Waals surface area contributed by atoms with Gasteiger partial charge in [0.1, 0.15) is 0 Å². The Hall–Kier alpha value is -0.0800. The molecule has 2 fully saturated rings. The second kappa shape index (κ2) is 19.9. The minimum Gasteiger partial charge on any atom is -0.303 e. The predicted molar refractivity (Wildman–Crippen MR) is 162 cm³/mol. The van der Waals surface area contributed by atoms with Gasteiger partial charge >= 0.3 is 0 Å². The Labute approximate surface area is 228 Å². The molecule has 2 nitrogen and oxygen atoms in total. The van der Waals surface area contributed by atoms with Gasteiger partial charge in [0.05, 0.1) is 0 Å². The molecule has 0 amide bonds. The summed E-state index contributed by atoms with van der Waals surface area (Å²) in [7, 11) is 0. The number of hydrogen-bond donors (Lipinski definition) is 0. The van der Waals surface area contributed by atoms with Crippen molar-refractivity contribution in [3.8, 4) is 0 Å². The molecule has 1 atom stereocenters. The smallest absolute Gasteiger partial charge is 0.00514 e. The van der Waals surface area contributed by atoms with E-state index in [1.54, 1.807) is 0 Å². The summed E-state index contributed by atoms with van der Waals surface area (Å²) in [6.07, 6.45) is 30.4. The molecule has 1 unspecified atom stereocenters. The van der Waals surface area contributed by atoms with Crippen LogP contribution in [0.25, 0.3) is 0 Å². The summed E-state index contributed by atoms with van der Waals surface area (Å²) >= 11 is 0. The molecular weight excluding hydrogens is 436 g/mol. The largest absolute Gasteiger partial charge is 0.303 e. The average Bonchev–Trinajstić information content (AvgIpc) is 2.87. The molecule has 2 heteroatoms. The number of rotatable bonds is 23. The van der Waals surface area contributed by atoms with Crippen molar-refractivity contribution >= 4 is 0 Å². The molecule has 2 heterocycles. The molecule has 0 saturated carbocycles. The number of hydrogen-bond acceptors (Lipinski definition) is 2. The van der Waals surface area contributed by atoms with Crippen molar-refractivity contribution in [3.05, 3.63) is 0 Å². The Morgan fingerprint density at radius 1 is 0.500 bits per heavy atom. The van der Waals surface area contributed by atoms with Gasteiger partial charge in [0.2, 0.25) is 0 Å². The highest BCUT2D eigenvalue weighted by Gasteiger charge is 2.44. The molecule has 1 spiro atoms. The van der Waals surface area contributed by atoms with Gasteiger partial charge < -0.3 is 9.80 Å². The summed E-state index contributed by atoms with van der Waals surface area (Å²) in [6.45, 7) is 17.7. The summed E-state index contributed by atoms with van der Waals surface area (Å²) in [4.78, 5) is 5.69. The molecule has 36 heavy (non-hydrogen) atoms. The van der Waals surface area contributed by atoms with Crippen molar-refractivity contribution in [2.45, 2.75) is 163 Å². The van der Waals surface area contributed by atoms with Crippen LogP contribution in [0.1, 0.15) is 163 Å². The standard InChI is InChI=1S/C34H68N2/c1-5-9-13-16-20-32(21-17-14-10-6-2)23-26-36-30-34(31-36)24-27-35(28-25-34)29-33(19-12-8-4)22-18-15-11-7-3/h32-33H,5-31H2,1-4H3. The molecule has 2 aliphatic heterocycles. The van der Waals surface area contributed by atoms with E-state index in [1.807, 2.05) is 0 Å². The lowest BCUT2D eigenvalue weighted by atomic mass is 9.71. The van der Waals surface area contributed by atoms with Crippen molar-refractivity contribution in [2.24, 2.45) is 17.3 Å². The fourth-order valence-corrected chi connectivity index (χ4v) is 7.15. The zero-order valence-corrected chi connectivity index (χ0v) is 25.6. The van der Waals surface area contributed by atoms with E-state index in [4.69, 9.17) is 0 Å². The summed E-state index contributed by atoms with van der Waals surface area (Å²) in [6, 6.07) is 0. The maximum absolute atomic E-state index is 2.86. The third kappa shape index (κ3) is 13.1. The Morgan fingerprint density at radius 3 is 1.47 bits per heavy atom. The Morgan fingerprint density at radius 2 is 0.972 bits per heavy atom. The molecule has 0 N–H and O–H groups in total. The van der Waals surface area contributed by atoms with Gasteiger partial charge in [-0.1, -0.05) is 130 Å². The average molecular weight is 505 g/mol. The Kier molecular flexibility index (Phi) is 17.8. The zero-order chi connectivity index (χ0) is 25.9. The quantitative estimate of drug-likeness (QED) is 0.128. The van der Waals surface area contributed by atoms with Crippen molar-refractivity contribution in [3.63, 3.8) is 0 Å². The highest BCUT2D eigenvalue weighted by atomic mass is 15.2. The Balaban J connectivity index is 1.65. The monoisotopic (exact) mass is 505 g/mol. The second-order valence-corrected chi connectivity index (χ2v) is 13.2. The van der Waals surface area contributed by atoms with Crippen molar-refractivity contribution < 1.29 is 0 Å². The Bertz CT molecular complexity index is 475. The molecule has 2 aliphatic rings. The zero-order valence-electron chi connectivity index (χ0n) is 25.6. The van der Waals surface area contributed by atoms with Crippen LogP contribution in [-0.2, 0) is 0 Å². The first kappa shape index (κ1) is 32.1. The molecule has 214 valence electrons. The van der Waals surface area contributed by atoms with Crippen molar-refractivity contribution in [2.75, 3.05) is 39.3 Å². The van der Waals surface area contributed by atoms with E-state index in [1.165, 1.54) is 174 Å².